The maximum absolute atomic E-state index is 14.0. The van der Waals surface area contributed by atoms with Gasteiger partial charge in [-0.2, -0.15) is 0 Å². The van der Waals surface area contributed by atoms with Crippen molar-refractivity contribution in [1.29, 1.82) is 0 Å². The van der Waals surface area contributed by atoms with Crippen LogP contribution in [0.4, 0.5) is 21.9 Å². The zero-order valence-electron chi connectivity index (χ0n) is 43.4. The maximum atomic E-state index is 14.0. The van der Waals surface area contributed by atoms with E-state index in [0.717, 1.165) is 124 Å². The van der Waals surface area contributed by atoms with Crippen LogP contribution in [0.2, 0.25) is 0 Å². The second-order valence-corrected chi connectivity index (χ2v) is 23.5. The van der Waals surface area contributed by atoms with Crippen LogP contribution < -0.4 is 15.0 Å². The van der Waals surface area contributed by atoms with Crippen molar-refractivity contribution in [3.05, 3.63) is 126 Å². The van der Waals surface area contributed by atoms with E-state index in [2.05, 4.69) is 87.3 Å². The van der Waals surface area contributed by atoms with Crippen LogP contribution in [0.5, 0.6) is 11.5 Å². The normalized spacial score (nSPS) is 26.5. The van der Waals surface area contributed by atoms with E-state index in [1.54, 1.807) is 5.57 Å². The van der Waals surface area contributed by atoms with Crippen molar-refractivity contribution in [3.63, 3.8) is 0 Å². The Balaban J connectivity index is 0.644. The molecule has 6 aliphatic rings. The molecule has 4 aliphatic carbocycles. The molecule has 0 bridgehead atoms. The second-order valence-electron chi connectivity index (χ2n) is 23.5. The largest absolute Gasteiger partial charge is 0.453 e. The van der Waals surface area contributed by atoms with Crippen molar-refractivity contribution in [2.24, 2.45) is 46.3 Å². The highest BCUT2D eigenvalue weighted by atomic mass is 16.6. The van der Waals surface area contributed by atoms with Crippen LogP contribution in [0.15, 0.2) is 115 Å². The molecule has 0 radical (unpaired) electrons. The second kappa shape index (κ2) is 19.8. The number of alkyl carbamates (subject to hydrolysis) is 1. The van der Waals surface area contributed by atoms with Crippen LogP contribution >= 0.6 is 0 Å². The lowest BCUT2D eigenvalue weighted by Gasteiger charge is -2.58. The maximum Gasteiger partial charge on any atom is 0.407 e. The molecule has 3 amide bonds. The van der Waals surface area contributed by atoms with Gasteiger partial charge in [0.25, 0.3) is 11.8 Å². The van der Waals surface area contributed by atoms with E-state index in [0.29, 0.717) is 36.1 Å². The van der Waals surface area contributed by atoms with Gasteiger partial charge >= 0.3 is 6.09 Å². The Bertz CT molecular complexity index is 2820. The predicted molar refractivity (Wildman–Crippen MR) is 289 cm³/mol. The van der Waals surface area contributed by atoms with Crippen LogP contribution in [0.1, 0.15) is 152 Å². The summed E-state index contributed by atoms with van der Waals surface area (Å²) in [6.07, 6.45) is 19.2. The molecule has 8 atom stereocenters. The van der Waals surface area contributed by atoms with Gasteiger partial charge in [0.2, 0.25) is 0 Å². The number of rotatable bonds is 15. The molecule has 72 heavy (non-hydrogen) atoms. The summed E-state index contributed by atoms with van der Waals surface area (Å²) in [5, 5.41) is 4.64. The first-order chi connectivity index (χ1) is 34.9. The standard InChI is InChI=1S/C64H75N3O5/c1-41(2)16-14-17-42(3)52-32-33-53-49-29-26-44-40-46(34-36-63(44,4)54(49)35-37-64(52,53)5)71-62(70)65-38-12-6-7-13-39-66-60(68)50-19-15-18-48-47(30-31-51(59(48)50)61(66)69)43-24-27-45(28-25-43)67-55-20-8-10-22-57(55)72-58-23-11-9-21-56(58)67/h8-11,15,18-28,30-31,41-42,46,49,52-54H,6-7,12-14,16-17,29,32-40H2,1-5H3,(H,65,70)/t42-,46+,49+,52-,53+,54+,63+,64-/m1/s1. The third kappa shape index (κ3) is 8.72. The molecular formula is C64H75N3O5. The number of fused-ring (bicyclic) bond motifs is 7. The molecule has 2 aliphatic heterocycles. The minimum absolute atomic E-state index is 0.0647. The van der Waals surface area contributed by atoms with Gasteiger partial charge in [0.1, 0.15) is 6.10 Å². The summed E-state index contributed by atoms with van der Waals surface area (Å²) in [5.74, 6) is 6.01. The van der Waals surface area contributed by atoms with Crippen molar-refractivity contribution in [2.75, 3.05) is 18.0 Å². The Kier molecular flexibility index (Phi) is 13.3. The predicted octanol–water partition coefficient (Wildman–Crippen LogP) is 16.4. The van der Waals surface area contributed by atoms with Gasteiger partial charge in [0.15, 0.2) is 11.5 Å². The highest BCUT2D eigenvalue weighted by molar-refractivity contribution is 6.27. The van der Waals surface area contributed by atoms with Crippen LogP contribution in [-0.2, 0) is 4.74 Å². The number of nitrogens with one attached hydrogen (secondary N) is 1. The van der Waals surface area contributed by atoms with Crippen molar-refractivity contribution < 1.29 is 23.9 Å². The molecule has 0 saturated heterocycles. The number of benzene rings is 5. The van der Waals surface area contributed by atoms with E-state index >= 15 is 0 Å². The quantitative estimate of drug-likeness (QED) is 0.0627. The number of imide groups is 1. The van der Waals surface area contributed by atoms with Crippen LogP contribution in [-0.4, -0.2) is 42.0 Å². The molecule has 8 heteroatoms. The Morgan fingerprint density at radius 3 is 2.18 bits per heavy atom. The van der Waals surface area contributed by atoms with Gasteiger partial charge in [-0.3, -0.25) is 14.5 Å². The fourth-order valence-electron chi connectivity index (χ4n) is 15.3. The van der Waals surface area contributed by atoms with Crippen molar-refractivity contribution >= 4 is 45.7 Å². The molecule has 376 valence electrons. The molecule has 0 aromatic heterocycles. The van der Waals surface area contributed by atoms with Gasteiger partial charge in [-0.1, -0.05) is 133 Å². The zero-order chi connectivity index (χ0) is 49.7. The van der Waals surface area contributed by atoms with Gasteiger partial charge < -0.3 is 19.7 Å². The average Bonchev–Trinajstić information content (AvgIpc) is 3.75. The fourth-order valence-corrected chi connectivity index (χ4v) is 15.3. The lowest BCUT2D eigenvalue weighted by atomic mass is 9.47. The molecule has 8 nitrogen and oxygen atoms in total. The zero-order valence-corrected chi connectivity index (χ0v) is 43.4. The molecule has 0 unspecified atom stereocenters. The fraction of sp³-hybridized carbons (Fsp3) is 0.484. The van der Waals surface area contributed by atoms with E-state index < -0.39 is 0 Å². The van der Waals surface area contributed by atoms with E-state index in [1.807, 2.05) is 66.7 Å². The lowest BCUT2D eigenvalue weighted by molar-refractivity contribution is -0.0581. The van der Waals surface area contributed by atoms with Crippen molar-refractivity contribution in [2.45, 2.75) is 137 Å². The van der Waals surface area contributed by atoms with Crippen LogP contribution in [0, 0.1) is 46.3 Å². The Morgan fingerprint density at radius 1 is 0.722 bits per heavy atom. The number of ether oxygens (including phenoxy) is 2. The number of nitrogens with zero attached hydrogens (tertiary/aromatic N) is 2. The number of unbranched alkanes of at least 4 members (excludes halogenated alkanes) is 3. The molecular weight excluding hydrogens is 891 g/mol. The third-order valence-electron chi connectivity index (χ3n) is 19.0. The van der Waals surface area contributed by atoms with Gasteiger partial charge in [-0.15, -0.1) is 0 Å². The molecule has 5 aromatic rings. The monoisotopic (exact) mass is 966 g/mol. The minimum atomic E-state index is -0.311. The number of carbonyl (C=O) groups is 3. The Labute approximate surface area is 427 Å². The highest BCUT2D eigenvalue weighted by Crippen LogP contribution is 2.67. The van der Waals surface area contributed by atoms with Crippen LogP contribution in [0.3, 0.4) is 0 Å². The number of hydrogen-bond acceptors (Lipinski definition) is 6. The third-order valence-corrected chi connectivity index (χ3v) is 19.0. The summed E-state index contributed by atoms with van der Waals surface area (Å²) in [4.78, 5) is 44.7. The summed E-state index contributed by atoms with van der Waals surface area (Å²) in [6, 6.07) is 34.2. The van der Waals surface area contributed by atoms with E-state index in [9.17, 15) is 14.4 Å². The summed E-state index contributed by atoms with van der Waals surface area (Å²) in [7, 11) is 0. The molecule has 3 fully saturated rings. The van der Waals surface area contributed by atoms with E-state index in [1.165, 1.54) is 56.3 Å². The molecule has 1 N–H and O–H groups in total. The van der Waals surface area contributed by atoms with Gasteiger partial charge in [-0.05, 0) is 169 Å². The van der Waals surface area contributed by atoms with Crippen LogP contribution in [0.25, 0.3) is 21.9 Å². The lowest BCUT2D eigenvalue weighted by Crippen LogP contribution is -2.51. The highest BCUT2D eigenvalue weighted by Gasteiger charge is 2.59. The first kappa shape index (κ1) is 48.4. The SMILES string of the molecule is CC(C)CCC[C@@H](C)[C@H]1CC[C@H]2[C@@H]3CC=C4C[C@@H](OC(=O)NCCCCCCN5C(=O)c6cccc7c(-c8ccc(N9c%10ccccc%10Oc%10ccccc%109)cc8)ccc(c67)C5=O)CC[C@]4(C)[C@H]3CC[C@]12C. The minimum Gasteiger partial charge on any atom is -0.453 e. The number of anilines is 3. The van der Waals surface area contributed by atoms with Gasteiger partial charge in [0, 0.05) is 41.7 Å². The molecule has 2 heterocycles. The summed E-state index contributed by atoms with van der Waals surface area (Å²) in [5.41, 5.74) is 8.31. The molecule has 3 saturated carbocycles. The van der Waals surface area contributed by atoms with E-state index in [4.69, 9.17) is 9.47 Å². The number of hydrogen-bond donors (Lipinski definition) is 1. The topological polar surface area (TPSA) is 88.2 Å². The Morgan fingerprint density at radius 2 is 1.43 bits per heavy atom. The number of amides is 3. The van der Waals surface area contributed by atoms with Gasteiger partial charge in [-0.25, -0.2) is 4.79 Å². The molecule has 5 aromatic carbocycles. The number of carbonyl (C=O) groups excluding carboxylic acids is 3. The first-order valence-corrected chi connectivity index (χ1v) is 27.8. The molecule has 11 rings (SSSR count). The van der Waals surface area contributed by atoms with Crippen molar-refractivity contribution in [1.82, 2.24) is 10.2 Å². The summed E-state index contributed by atoms with van der Waals surface area (Å²) >= 11 is 0. The Hall–Kier alpha value is -5.89. The van der Waals surface area contributed by atoms with Crippen molar-refractivity contribution in [3.8, 4) is 22.6 Å². The first-order valence-electron chi connectivity index (χ1n) is 27.8. The number of allylic oxidation sites excluding steroid dienone is 1. The van der Waals surface area contributed by atoms with Gasteiger partial charge in [0.05, 0.1) is 11.4 Å². The van der Waals surface area contributed by atoms with E-state index in [-0.39, 0.29) is 29.4 Å². The molecule has 0 spiro atoms. The summed E-state index contributed by atoms with van der Waals surface area (Å²) < 4.78 is 12.3. The average molecular weight is 966 g/mol. The summed E-state index contributed by atoms with van der Waals surface area (Å²) in [6.45, 7) is 13.4. The number of para-hydroxylation sites is 4. The smallest absolute Gasteiger partial charge is 0.407 e.